The van der Waals surface area contributed by atoms with E-state index in [4.69, 9.17) is 4.74 Å². The average molecular weight is 186 g/mol. The molecule has 0 spiro atoms. The van der Waals surface area contributed by atoms with Crippen molar-refractivity contribution in [2.75, 3.05) is 32.8 Å². The van der Waals surface area contributed by atoms with Gasteiger partial charge in [-0.2, -0.15) is 0 Å². The van der Waals surface area contributed by atoms with Crippen molar-refractivity contribution in [3.8, 4) is 0 Å². The van der Waals surface area contributed by atoms with Crippen LogP contribution in [0.15, 0.2) is 0 Å². The van der Waals surface area contributed by atoms with Gasteiger partial charge in [0.2, 0.25) is 0 Å². The monoisotopic (exact) mass is 186 g/mol. The molecule has 1 N–H and O–H groups in total. The molecule has 0 aliphatic carbocycles. The lowest BCUT2D eigenvalue weighted by Gasteiger charge is -2.23. The van der Waals surface area contributed by atoms with Gasteiger partial charge in [-0.3, -0.25) is 4.79 Å². The normalized spacial score (nSPS) is 19.3. The molecule has 1 saturated heterocycles. The summed E-state index contributed by atoms with van der Waals surface area (Å²) in [5.74, 6) is 0.583. The van der Waals surface area contributed by atoms with Crippen LogP contribution in [0.5, 0.6) is 0 Å². The van der Waals surface area contributed by atoms with E-state index >= 15 is 0 Å². The lowest BCUT2D eigenvalue weighted by Crippen LogP contribution is -3.14. The predicted molar refractivity (Wildman–Crippen MR) is 50.8 cm³/mol. The van der Waals surface area contributed by atoms with Gasteiger partial charge >= 0.3 is 0 Å². The van der Waals surface area contributed by atoms with Crippen LogP contribution < -0.4 is 4.90 Å². The lowest BCUT2D eigenvalue weighted by atomic mass is 10.1. The van der Waals surface area contributed by atoms with Crippen molar-refractivity contribution >= 4 is 5.78 Å². The number of ether oxygens (including phenoxy) is 1. The summed E-state index contributed by atoms with van der Waals surface area (Å²) in [5.41, 5.74) is 0. The molecule has 1 fully saturated rings. The zero-order valence-electron chi connectivity index (χ0n) is 8.64. The summed E-state index contributed by atoms with van der Waals surface area (Å²) in [6.45, 7) is 8.75. The fourth-order valence-corrected chi connectivity index (χ4v) is 1.50. The first kappa shape index (κ1) is 10.7. The predicted octanol–water partition coefficient (Wildman–Crippen LogP) is -0.483. The highest BCUT2D eigenvalue weighted by molar-refractivity contribution is 5.80. The van der Waals surface area contributed by atoms with Gasteiger partial charge in [-0.05, 0) is 0 Å². The highest BCUT2D eigenvalue weighted by atomic mass is 16.5. The van der Waals surface area contributed by atoms with Crippen LogP contribution >= 0.6 is 0 Å². The molecule has 3 nitrogen and oxygen atoms in total. The summed E-state index contributed by atoms with van der Waals surface area (Å²) in [4.78, 5) is 12.9. The SMILES string of the molecule is CC(C)C(=O)CC[NH+]1CCOCC1. The van der Waals surface area contributed by atoms with Gasteiger partial charge in [0.15, 0.2) is 0 Å². The average Bonchev–Trinajstić information content (AvgIpc) is 2.15. The van der Waals surface area contributed by atoms with Crippen LogP contribution in [-0.2, 0) is 9.53 Å². The molecule has 0 saturated carbocycles. The van der Waals surface area contributed by atoms with Gasteiger partial charge in [0.1, 0.15) is 18.9 Å². The Morgan fingerprint density at radius 3 is 2.54 bits per heavy atom. The number of quaternary nitrogens is 1. The van der Waals surface area contributed by atoms with Crippen LogP contribution in [0.25, 0.3) is 0 Å². The second-order valence-corrected chi connectivity index (χ2v) is 3.98. The Labute approximate surface area is 80.1 Å². The van der Waals surface area contributed by atoms with E-state index in [1.807, 2.05) is 13.8 Å². The Morgan fingerprint density at radius 1 is 1.38 bits per heavy atom. The van der Waals surface area contributed by atoms with Gasteiger partial charge in [-0.15, -0.1) is 0 Å². The maximum absolute atomic E-state index is 11.3. The van der Waals surface area contributed by atoms with Gasteiger partial charge < -0.3 is 9.64 Å². The van der Waals surface area contributed by atoms with Crippen molar-refractivity contribution < 1.29 is 14.4 Å². The minimum absolute atomic E-state index is 0.195. The second-order valence-electron chi connectivity index (χ2n) is 3.98. The Balaban J connectivity index is 2.13. The van der Waals surface area contributed by atoms with E-state index in [9.17, 15) is 4.79 Å². The summed E-state index contributed by atoms with van der Waals surface area (Å²) in [6.07, 6.45) is 0.729. The van der Waals surface area contributed by atoms with Crippen molar-refractivity contribution in [2.45, 2.75) is 20.3 Å². The number of ketones is 1. The first-order chi connectivity index (χ1) is 6.20. The molecular formula is C10H20NO2+. The third-order valence-corrected chi connectivity index (χ3v) is 2.57. The van der Waals surface area contributed by atoms with E-state index in [1.54, 1.807) is 0 Å². The van der Waals surface area contributed by atoms with Crippen LogP contribution in [0, 0.1) is 5.92 Å². The van der Waals surface area contributed by atoms with Gasteiger partial charge in [-0.1, -0.05) is 13.8 Å². The fourth-order valence-electron chi connectivity index (χ4n) is 1.50. The van der Waals surface area contributed by atoms with Crippen LogP contribution in [0.3, 0.4) is 0 Å². The van der Waals surface area contributed by atoms with Gasteiger partial charge in [0.25, 0.3) is 0 Å². The zero-order valence-corrected chi connectivity index (χ0v) is 8.64. The van der Waals surface area contributed by atoms with Crippen LogP contribution in [0.2, 0.25) is 0 Å². The smallest absolute Gasteiger partial charge is 0.141 e. The van der Waals surface area contributed by atoms with Gasteiger partial charge in [-0.25, -0.2) is 0 Å². The summed E-state index contributed by atoms with van der Waals surface area (Å²) in [7, 11) is 0. The van der Waals surface area contributed by atoms with Crippen LogP contribution in [-0.4, -0.2) is 38.6 Å². The van der Waals surface area contributed by atoms with E-state index in [-0.39, 0.29) is 5.92 Å². The molecule has 1 rings (SSSR count). The third kappa shape index (κ3) is 3.87. The Hall–Kier alpha value is -0.410. The number of carbonyl (C=O) groups excluding carboxylic acids is 1. The number of carbonyl (C=O) groups is 1. The number of morpholine rings is 1. The van der Waals surface area contributed by atoms with Crippen molar-refractivity contribution in [2.24, 2.45) is 5.92 Å². The summed E-state index contributed by atoms with van der Waals surface area (Å²) < 4.78 is 5.25. The molecule has 0 atom stereocenters. The van der Waals surface area contributed by atoms with E-state index in [0.29, 0.717) is 5.78 Å². The van der Waals surface area contributed by atoms with Crippen molar-refractivity contribution in [1.29, 1.82) is 0 Å². The second kappa shape index (κ2) is 5.35. The van der Waals surface area contributed by atoms with Crippen molar-refractivity contribution in [1.82, 2.24) is 0 Å². The quantitative estimate of drug-likeness (QED) is 0.642. The van der Waals surface area contributed by atoms with Gasteiger partial charge in [0.05, 0.1) is 26.2 Å². The Bertz CT molecular complexity index is 162. The largest absolute Gasteiger partial charge is 0.370 e. The maximum atomic E-state index is 11.3. The molecule has 76 valence electrons. The first-order valence-electron chi connectivity index (χ1n) is 5.14. The number of hydrogen-bond donors (Lipinski definition) is 1. The fraction of sp³-hybridized carbons (Fsp3) is 0.900. The standard InChI is InChI=1S/C10H19NO2/c1-9(2)10(12)3-4-11-5-7-13-8-6-11/h9H,3-8H2,1-2H3/p+1. The first-order valence-corrected chi connectivity index (χ1v) is 5.14. The van der Waals surface area contributed by atoms with E-state index in [1.165, 1.54) is 4.90 Å². The molecule has 1 aliphatic heterocycles. The highest BCUT2D eigenvalue weighted by Crippen LogP contribution is 1.96. The van der Waals surface area contributed by atoms with E-state index in [2.05, 4.69) is 0 Å². The van der Waals surface area contributed by atoms with E-state index < -0.39 is 0 Å². The molecule has 3 heteroatoms. The minimum Gasteiger partial charge on any atom is -0.370 e. The molecule has 0 unspecified atom stereocenters. The molecule has 0 aromatic heterocycles. The molecule has 0 aromatic rings. The van der Waals surface area contributed by atoms with Crippen molar-refractivity contribution in [3.63, 3.8) is 0 Å². The Kier molecular flexibility index (Phi) is 4.39. The molecule has 0 amide bonds. The molecule has 0 bridgehead atoms. The Morgan fingerprint density at radius 2 is 2.00 bits per heavy atom. The number of nitrogens with one attached hydrogen (secondary N) is 1. The van der Waals surface area contributed by atoms with Crippen LogP contribution in [0.1, 0.15) is 20.3 Å². The van der Waals surface area contributed by atoms with Gasteiger partial charge in [0, 0.05) is 5.92 Å². The van der Waals surface area contributed by atoms with E-state index in [0.717, 1.165) is 39.3 Å². The van der Waals surface area contributed by atoms with Crippen molar-refractivity contribution in [3.05, 3.63) is 0 Å². The molecule has 0 aromatic carbocycles. The molecule has 1 heterocycles. The van der Waals surface area contributed by atoms with Crippen LogP contribution in [0.4, 0.5) is 0 Å². The number of rotatable bonds is 4. The molecular weight excluding hydrogens is 166 g/mol. The summed E-state index contributed by atoms with van der Waals surface area (Å²) in [5, 5.41) is 0. The molecule has 1 aliphatic rings. The lowest BCUT2D eigenvalue weighted by molar-refractivity contribution is -0.907. The number of hydrogen-bond acceptors (Lipinski definition) is 2. The highest BCUT2D eigenvalue weighted by Gasteiger charge is 2.16. The minimum atomic E-state index is 0.195. The molecule has 13 heavy (non-hydrogen) atoms. The zero-order chi connectivity index (χ0) is 9.68. The topological polar surface area (TPSA) is 30.7 Å². The molecule has 0 radical (unpaired) electrons. The summed E-state index contributed by atoms with van der Waals surface area (Å²) in [6, 6.07) is 0. The number of Topliss-reactive ketones (excluding diaryl/α,β-unsaturated/α-hetero) is 1. The summed E-state index contributed by atoms with van der Waals surface area (Å²) >= 11 is 0. The third-order valence-electron chi connectivity index (χ3n) is 2.57. The maximum Gasteiger partial charge on any atom is 0.141 e.